The molecule has 0 bridgehead atoms. The Bertz CT molecular complexity index is 621. The van der Waals surface area contributed by atoms with Gasteiger partial charge in [0, 0.05) is 12.1 Å². The van der Waals surface area contributed by atoms with E-state index in [4.69, 9.17) is 5.41 Å². The number of nitrogens with zero attached hydrogens (tertiary/aromatic N) is 1. The molecule has 0 aromatic heterocycles. The molecule has 110 valence electrons. The van der Waals surface area contributed by atoms with Gasteiger partial charge in [0.05, 0.1) is 6.34 Å². The first-order valence-corrected chi connectivity index (χ1v) is 7.56. The van der Waals surface area contributed by atoms with Gasteiger partial charge in [-0.25, -0.2) is 0 Å². The molecule has 2 aromatic carbocycles. The van der Waals surface area contributed by atoms with Crippen LogP contribution < -0.4 is 0 Å². The second kappa shape index (κ2) is 7.58. The Morgan fingerprint density at radius 3 is 2.57 bits per heavy atom. The van der Waals surface area contributed by atoms with Gasteiger partial charge in [-0.05, 0) is 29.3 Å². The SMILES string of the molecule is CCCCCCN(C=N)C(=O)c1ccc2ccccc2c1. The van der Waals surface area contributed by atoms with Gasteiger partial charge in [0.1, 0.15) is 0 Å². The van der Waals surface area contributed by atoms with Gasteiger partial charge in [-0.1, -0.05) is 56.5 Å². The molecule has 0 aliphatic rings. The Morgan fingerprint density at radius 2 is 1.86 bits per heavy atom. The molecular formula is C18H22N2O. The van der Waals surface area contributed by atoms with Crippen LogP contribution >= 0.6 is 0 Å². The number of nitrogens with one attached hydrogen (secondary N) is 1. The first-order chi connectivity index (χ1) is 10.3. The van der Waals surface area contributed by atoms with Gasteiger partial charge in [0.2, 0.25) is 0 Å². The molecule has 0 radical (unpaired) electrons. The van der Waals surface area contributed by atoms with Crippen LogP contribution in [0.3, 0.4) is 0 Å². The minimum Gasteiger partial charge on any atom is -0.299 e. The molecule has 3 nitrogen and oxygen atoms in total. The standard InChI is InChI=1S/C18H22N2O/c1-2-3-4-7-12-20(14-19)18(21)17-11-10-15-8-5-6-9-16(15)13-17/h5-6,8-11,13-14,19H,2-4,7,12H2,1H3. The van der Waals surface area contributed by atoms with Gasteiger partial charge in [-0.2, -0.15) is 0 Å². The van der Waals surface area contributed by atoms with Crippen molar-refractivity contribution in [1.29, 1.82) is 5.41 Å². The zero-order valence-corrected chi connectivity index (χ0v) is 12.5. The predicted molar refractivity (Wildman–Crippen MR) is 87.9 cm³/mol. The zero-order chi connectivity index (χ0) is 15.1. The number of hydrogen-bond donors (Lipinski definition) is 1. The lowest BCUT2D eigenvalue weighted by Crippen LogP contribution is -2.30. The van der Waals surface area contributed by atoms with E-state index >= 15 is 0 Å². The van der Waals surface area contributed by atoms with Crippen LogP contribution in [0.1, 0.15) is 43.0 Å². The van der Waals surface area contributed by atoms with Crippen molar-refractivity contribution in [3.05, 3.63) is 48.0 Å². The van der Waals surface area contributed by atoms with E-state index in [0.717, 1.165) is 30.0 Å². The number of hydrogen-bond acceptors (Lipinski definition) is 2. The van der Waals surface area contributed by atoms with Crippen molar-refractivity contribution < 1.29 is 4.79 Å². The molecule has 0 aliphatic carbocycles. The summed E-state index contributed by atoms with van der Waals surface area (Å²) in [5.74, 6) is -0.0905. The maximum atomic E-state index is 12.5. The average molecular weight is 282 g/mol. The molecule has 0 atom stereocenters. The highest BCUT2D eigenvalue weighted by Gasteiger charge is 2.13. The Hall–Kier alpha value is -2.16. The fourth-order valence-corrected chi connectivity index (χ4v) is 2.42. The largest absolute Gasteiger partial charge is 0.299 e. The maximum Gasteiger partial charge on any atom is 0.258 e. The van der Waals surface area contributed by atoms with Crippen LogP contribution in [0, 0.1) is 5.41 Å². The molecule has 2 rings (SSSR count). The number of fused-ring (bicyclic) bond motifs is 1. The van der Waals surface area contributed by atoms with Crippen molar-refractivity contribution in [2.75, 3.05) is 6.54 Å². The predicted octanol–water partition coefficient (Wildman–Crippen LogP) is 4.47. The van der Waals surface area contributed by atoms with Crippen molar-refractivity contribution in [1.82, 2.24) is 4.90 Å². The van der Waals surface area contributed by atoms with Crippen LogP contribution in [0.15, 0.2) is 42.5 Å². The Morgan fingerprint density at radius 1 is 1.10 bits per heavy atom. The summed E-state index contributed by atoms with van der Waals surface area (Å²) >= 11 is 0. The van der Waals surface area contributed by atoms with Gasteiger partial charge >= 0.3 is 0 Å². The van der Waals surface area contributed by atoms with E-state index in [1.165, 1.54) is 17.7 Å². The lowest BCUT2D eigenvalue weighted by molar-refractivity contribution is 0.0850. The van der Waals surface area contributed by atoms with Crippen LogP contribution in [-0.4, -0.2) is 23.7 Å². The molecule has 3 heteroatoms. The van der Waals surface area contributed by atoms with Gasteiger partial charge in [0.25, 0.3) is 5.91 Å². The maximum absolute atomic E-state index is 12.5. The summed E-state index contributed by atoms with van der Waals surface area (Å²) in [5, 5.41) is 9.64. The molecule has 0 heterocycles. The summed E-state index contributed by atoms with van der Waals surface area (Å²) in [4.78, 5) is 14.0. The molecule has 2 aromatic rings. The number of rotatable bonds is 7. The normalized spacial score (nSPS) is 10.5. The minimum atomic E-state index is -0.0905. The highest BCUT2D eigenvalue weighted by Crippen LogP contribution is 2.17. The van der Waals surface area contributed by atoms with E-state index in [1.54, 1.807) is 0 Å². The summed E-state index contributed by atoms with van der Waals surface area (Å²) in [6, 6.07) is 13.7. The fourth-order valence-electron chi connectivity index (χ4n) is 2.42. The molecule has 21 heavy (non-hydrogen) atoms. The van der Waals surface area contributed by atoms with Crippen molar-refractivity contribution in [2.24, 2.45) is 0 Å². The molecule has 0 saturated heterocycles. The van der Waals surface area contributed by atoms with Crippen molar-refractivity contribution in [3.63, 3.8) is 0 Å². The summed E-state index contributed by atoms with van der Waals surface area (Å²) in [6.07, 6.45) is 5.54. The van der Waals surface area contributed by atoms with E-state index in [1.807, 2.05) is 42.5 Å². The molecule has 1 N–H and O–H groups in total. The molecule has 0 saturated carbocycles. The monoisotopic (exact) mass is 282 g/mol. The van der Waals surface area contributed by atoms with Gasteiger partial charge in [-0.15, -0.1) is 0 Å². The lowest BCUT2D eigenvalue weighted by Gasteiger charge is -2.17. The number of amides is 1. The third kappa shape index (κ3) is 3.91. The molecule has 0 fully saturated rings. The third-order valence-corrected chi connectivity index (χ3v) is 3.67. The third-order valence-electron chi connectivity index (χ3n) is 3.67. The minimum absolute atomic E-state index is 0.0905. The van der Waals surface area contributed by atoms with E-state index in [0.29, 0.717) is 12.1 Å². The Kier molecular flexibility index (Phi) is 5.50. The highest BCUT2D eigenvalue weighted by atomic mass is 16.2. The molecular weight excluding hydrogens is 260 g/mol. The van der Waals surface area contributed by atoms with Crippen LogP contribution in [0.2, 0.25) is 0 Å². The Balaban J connectivity index is 2.09. The zero-order valence-electron chi connectivity index (χ0n) is 12.5. The summed E-state index contributed by atoms with van der Waals surface area (Å²) in [7, 11) is 0. The average Bonchev–Trinajstić information content (AvgIpc) is 2.54. The van der Waals surface area contributed by atoms with Crippen LogP contribution in [0.25, 0.3) is 10.8 Å². The van der Waals surface area contributed by atoms with Gasteiger partial charge in [0.15, 0.2) is 0 Å². The second-order valence-corrected chi connectivity index (χ2v) is 5.25. The fraction of sp³-hybridized carbons (Fsp3) is 0.333. The summed E-state index contributed by atoms with van der Waals surface area (Å²) in [6.45, 7) is 2.78. The number of benzene rings is 2. The quantitative estimate of drug-likeness (QED) is 0.454. The molecule has 1 amide bonds. The van der Waals surface area contributed by atoms with Crippen molar-refractivity contribution in [3.8, 4) is 0 Å². The van der Waals surface area contributed by atoms with Crippen LogP contribution in [0.5, 0.6) is 0 Å². The van der Waals surface area contributed by atoms with Crippen LogP contribution in [0.4, 0.5) is 0 Å². The number of unbranched alkanes of at least 4 members (excludes halogenated alkanes) is 3. The highest BCUT2D eigenvalue weighted by molar-refractivity contribution is 6.02. The second-order valence-electron chi connectivity index (χ2n) is 5.25. The number of carbonyl (C=O) groups is 1. The number of carbonyl (C=O) groups excluding carboxylic acids is 1. The van der Waals surface area contributed by atoms with Crippen molar-refractivity contribution >= 4 is 23.0 Å². The first-order valence-electron chi connectivity index (χ1n) is 7.56. The van der Waals surface area contributed by atoms with E-state index in [-0.39, 0.29) is 5.91 Å². The molecule has 0 unspecified atom stereocenters. The van der Waals surface area contributed by atoms with Crippen molar-refractivity contribution in [2.45, 2.75) is 32.6 Å². The van der Waals surface area contributed by atoms with Crippen LogP contribution in [-0.2, 0) is 0 Å². The van der Waals surface area contributed by atoms with E-state index in [2.05, 4.69) is 6.92 Å². The van der Waals surface area contributed by atoms with Gasteiger partial charge < -0.3 is 0 Å². The summed E-state index contributed by atoms with van der Waals surface area (Å²) < 4.78 is 0. The first kappa shape index (κ1) is 15.2. The van der Waals surface area contributed by atoms with Gasteiger partial charge in [-0.3, -0.25) is 15.1 Å². The van der Waals surface area contributed by atoms with E-state index < -0.39 is 0 Å². The van der Waals surface area contributed by atoms with E-state index in [9.17, 15) is 4.79 Å². The lowest BCUT2D eigenvalue weighted by atomic mass is 10.1. The molecule has 0 aliphatic heterocycles. The summed E-state index contributed by atoms with van der Waals surface area (Å²) in [5.41, 5.74) is 0.646. The Labute approximate surface area is 126 Å². The smallest absolute Gasteiger partial charge is 0.258 e. The topological polar surface area (TPSA) is 44.2 Å². The molecule has 0 spiro atoms.